The van der Waals surface area contributed by atoms with Gasteiger partial charge >= 0.3 is 0 Å². The van der Waals surface area contributed by atoms with Crippen LogP contribution in [0.5, 0.6) is 0 Å². The summed E-state index contributed by atoms with van der Waals surface area (Å²) in [4.78, 5) is 4.43. The van der Waals surface area contributed by atoms with Crippen molar-refractivity contribution in [3.8, 4) is 0 Å². The summed E-state index contributed by atoms with van der Waals surface area (Å²) in [5.74, 6) is 0. The molecule has 0 bridgehead atoms. The van der Waals surface area contributed by atoms with Crippen molar-refractivity contribution in [1.82, 2.24) is 14.9 Å². The smallest absolute Gasteiger partial charge is 0.0897 e. The molecule has 0 amide bonds. The molecule has 3 nitrogen and oxygen atoms in total. The van der Waals surface area contributed by atoms with E-state index in [1.54, 1.807) is 11.3 Å². The fourth-order valence-corrected chi connectivity index (χ4v) is 2.43. The van der Waals surface area contributed by atoms with Crippen molar-refractivity contribution in [2.45, 2.75) is 39.9 Å². The van der Waals surface area contributed by atoms with Gasteiger partial charge in [-0.05, 0) is 25.0 Å². The van der Waals surface area contributed by atoms with Crippen LogP contribution in [0.1, 0.15) is 29.6 Å². The van der Waals surface area contributed by atoms with Crippen molar-refractivity contribution in [2.75, 3.05) is 0 Å². The molecule has 17 heavy (non-hydrogen) atoms. The second-order valence-electron chi connectivity index (χ2n) is 4.22. The van der Waals surface area contributed by atoms with Crippen molar-refractivity contribution in [1.29, 1.82) is 0 Å². The first-order valence-corrected chi connectivity index (χ1v) is 6.92. The Morgan fingerprint density at radius 2 is 2.29 bits per heavy atom. The van der Waals surface area contributed by atoms with E-state index in [1.807, 2.05) is 6.92 Å². The number of hydrogen-bond donors (Lipinski definition) is 1. The molecule has 0 radical (unpaired) electrons. The molecular formula is C13H19N3S. The van der Waals surface area contributed by atoms with Crippen LogP contribution >= 0.6 is 11.3 Å². The number of thiazole rings is 1. The lowest BCUT2D eigenvalue weighted by atomic mass is 10.3. The Bertz CT molecular complexity index is 459. The summed E-state index contributed by atoms with van der Waals surface area (Å²) in [5.41, 5.74) is 2.48. The zero-order chi connectivity index (χ0) is 12.1. The molecular weight excluding hydrogens is 230 g/mol. The highest BCUT2D eigenvalue weighted by atomic mass is 32.1. The lowest BCUT2D eigenvalue weighted by Crippen LogP contribution is -2.12. The van der Waals surface area contributed by atoms with Gasteiger partial charge in [-0.3, -0.25) is 0 Å². The molecule has 0 atom stereocenters. The Labute approximate surface area is 107 Å². The predicted molar refractivity (Wildman–Crippen MR) is 72.1 cm³/mol. The molecule has 0 fully saturated rings. The van der Waals surface area contributed by atoms with Gasteiger partial charge in [-0.25, -0.2) is 4.98 Å². The highest BCUT2D eigenvalue weighted by Gasteiger charge is 1.99. The molecule has 0 aliphatic rings. The molecule has 0 spiro atoms. The minimum absolute atomic E-state index is 0.850. The SMILES string of the molecule is CCCn1ccc(CNCc2csc(C)n2)c1. The number of aromatic nitrogens is 2. The lowest BCUT2D eigenvalue weighted by molar-refractivity contribution is 0.664. The Kier molecular flexibility index (Phi) is 4.34. The van der Waals surface area contributed by atoms with E-state index in [-0.39, 0.29) is 0 Å². The number of nitrogens with one attached hydrogen (secondary N) is 1. The summed E-state index contributed by atoms with van der Waals surface area (Å²) in [6.45, 7) is 7.10. The van der Waals surface area contributed by atoms with Gasteiger partial charge in [0.2, 0.25) is 0 Å². The molecule has 0 aliphatic heterocycles. The molecule has 0 saturated carbocycles. The van der Waals surface area contributed by atoms with E-state index in [9.17, 15) is 0 Å². The van der Waals surface area contributed by atoms with Gasteiger partial charge in [0.15, 0.2) is 0 Å². The van der Waals surface area contributed by atoms with E-state index in [4.69, 9.17) is 0 Å². The van der Waals surface area contributed by atoms with Crippen molar-refractivity contribution in [2.24, 2.45) is 0 Å². The lowest BCUT2D eigenvalue weighted by Gasteiger charge is -2.01. The summed E-state index contributed by atoms with van der Waals surface area (Å²) in [6.07, 6.45) is 5.54. The highest BCUT2D eigenvalue weighted by molar-refractivity contribution is 7.09. The fourth-order valence-electron chi connectivity index (χ4n) is 1.82. The predicted octanol–water partition coefficient (Wildman–Crippen LogP) is 2.95. The van der Waals surface area contributed by atoms with Crippen LogP contribution in [0.4, 0.5) is 0 Å². The van der Waals surface area contributed by atoms with Gasteiger partial charge in [0.25, 0.3) is 0 Å². The summed E-state index contributed by atoms with van der Waals surface area (Å²) in [7, 11) is 0. The van der Waals surface area contributed by atoms with E-state index in [0.717, 1.165) is 30.3 Å². The van der Waals surface area contributed by atoms with Crippen molar-refractivity contribution in [3.05, 3.63) is 40.1 Å². The van der Waals surface area contributed by atoms with E-state index in [1.165, 1.54) is 12.0 Å². The number of hydrogen-bond acceptors (Lipinski definition) is 3. The zero-order valence-corrected chi connectivity index (χ0v) is 11.3. The molecule has 2 aromatic heterocycles. The largest absolute Gasteiger partial charge is 0.354 e. The third-order valence-corrected chi connectivity index (χ3v) is 3.42. The van der Waals surface area contributed by atoms with Gasteiger partial charge in [0.05, 0.1) is 10.7 Å². The summed E-state index contributed by atoms with van der Waals surface area (Å²) < 4.78 is 2.24. The average molecular weight is 249 g/mol. The maximum atomic E-state index is 4.43. The van der Waals surface area contributed by atoms with Crippen molar-refractivity contribution < 1.29 is 0 Å². The van der Waals surface area contributed by atoms with Crippen LogP contribution in [0.25, 0.3) is 0 Å². The zero-order valence-electron chi connectivity index (χ0n) is 10.4. The quantitative estimate of drug-likeness (QED) is 0.853. The van der Waals surface area contributed by atoms with Crippen LogP contribution in [-0.4, -0.2) is 9.55 Å². The number of aryl methyl sites for hydroxylation is 2. The average Bonchev–Trinajstić information content (AvgIpc) is 2.89. The van der Waals surface area contributed by atoms with Gasteiger partial charge in [0.1, 0.15) is 0 Å². The van der Waals surface area contributed by atoms with Gasteiger partial charge in [-0.2, -0.15) is 0 Å². The van der Waals surface area contributed by atoms with Crippen LogP contribution in [0.3, 0.4) is 0 Å². The fraction of sp³-hybridized carbons (Fsp3) is 0.462. The van der Waals surface area contributed by atoms with Gasteiger partial charge in [-0.15, -0.1) is 11.3 Å². The number of nitrogens with zero attached hydrogens (tertiary/aromatic N) is 2. The maximum Gasteiger partial charge on any atom is 0.0897 e. The first-order valence-electron chi connectivity index (χ1n) is 6.04. The highest BCUT2D eigenvalue weighted by Crippen LogP contribution is 2.08. The van der Waals surface area contributed by atoms with Crippen LogP contribution < -0.4 is 5.32 Å². The molecule has 0 aromatic carbocycles. The standard InChI is InChI=1S/C13H19N3S/c1-3-5-16-6-4-12(9-16)7-14-8-13-10-17-11(2)15-13/h4,6,9-10,14H,3,5,7-8H2,1-2H3. The van der Waals surface area contributed by atoms with Crippen molar-refractivity contribution in [3.63, 3.8) is 0 Å². The Morgan fingerprint density at radius 3 is 3.00 bits per heavy atom. The molecule has 0 aliphatic carbocycles. The first-order chi connectivity index (χ1) is 8.28. The molecule has 0 saturated heterocycles. The summed E-state index contributed by atoms with van der Waals surface area (Å²) in [5, 5.41) is 6.67. The normalized spacial score (nSPS) is 10.9. The molecule has 2 aromatic rings. The molecule has 2 rings (SSSR count). The third-order valence-electron chi connectivity index (χ3n) is 2.60. The van der Waals surface area contributed by atoms with Gasteiger partial charge in [0, 0.05) is 37.4 Å². The molecule has 92 valence electrons. The molecule has 1 N–H and O–H groups in total. The Morgan fingerprint density at radius 1 is 1.41 bits per heavy atom. The topological polar surface area (TPSA) is 29.9 Å². The van der Waals surface area contributed by atoms with Crippen LogP contribution in [-0.2, 0) is 19.6 Å². The van der Waals surface area contributed by atoms with E-state index < -0.39 is 0 Å². The van der Waals surface area contributed by atoms with Crippen LogP contribution in [0, 0.1) is 6.92 Å². The van der Waals surface area contributed by atoms with Crippen molar-refractivity contribution >= 4 is 11.3 Å². The minimum Gasteiger partial charge on any atom is -0.354 e. The van der Waals surface area contributed by atoms with Crippen LogP contribution in [0.2, 0.25) is 0 Å². The molecule has 2 heterocycles. The second kappa shape index (κ2) is 5.98. The molecule has 0 unspecified atom stereocenters. The summed E-state index contributed by atoms with van der Waals surface area (Å²) in [6, 6.07) is 2.18. The first kappa shape index (κ1) is 12.3. The second-order valence-corrected chi connectivity index (χ2v) is 5.28. The van der Waals surface area contributed by atoms with E-state index in [2.05, 4.69) is 45.6 Å². The van der Waals surface area contributed by atoms with Gasteiger partial charge in [-0.1, -0.05) is 6.92 Å². The van der Waals surface area contributed by atoms with Gasteiger partial charge < -0.3 is 9.88 Å². The number of rotatable bonds is 6. The monoisotopic (exact) mass is 249 g/mol. The van der Waals surface area contributed by atoms with E-state index >= 15 is 0 Å². The summed E-state index contributed by atoms with van der Waals surface area (Å²) >= 11 is 1.71. The molecule has 4 heteroatoms. The van der Waals surface area contributed by atoms with E-state index in [0.29, 0.717) is 0 Å². The third kappa shape index (κ3) is 3.68. The minimum atomic E-state index is 0.850. The Balaban J connectivity index is 1.77. The van der Waals surface area contributed by atoms with Crippen LogP contribution in [0.15, 0.2) is 23.8 Å². The Hall–Kier alpha value is -1.13. The maximum absolute atomic E-state index is 4.43.